The van der Waals surface area contributed by atoms with Crippen molar-refractivity contribution in [1.82, 2.24) is 9.55 Å². The Morgan fingerprint density at radius 3 is 2.52 bits per heavy atom. The van der Waals surface area contributed by atoms with Crippen molar-refractivity contribution in [1.29, 1.82) is 0 Å². The number of carbonyl (C=O) groups excluding carboxylic acids is 1. The van der Waals surface area contributed by atoms with Gasteiger partial charge in [-0.3, -0.25) is 14.2 Å². The van der Waals surface area contributed by atoms with E-state index in [1.807, 2.05) is 24.3 Å². The van der Waals surface area contributed by atoms with Crippen molar-refractivity contribution >= 4 is 51.4 Å². The quantitative estimate of drug-likeness (QED) is 0.618. The highest BCUT2D eigenvalue weighted by atomic mass is 35.5. The van der Waals surface area contributed by atoms with Crippen LogP contribution in [0.25, 0.3) is 10.9 Å². The zero-order valence-electron chi connectivity index (χ0n) is 16.4. The van der Waals surface area contributed by atoms with E-state index in [1.165, 1.54) is 23.0 Å². The fourth-order valence-electron chi connectivity index (χ4n) is 3.24. The van der Waals surface area contributed by atoms with Gasteiger partial charge in [0.15, 0.2) is 0 Å². The summed E-state index contributed by atoms with van der Waals surface area (Å²) < 4.78 is 1.23. The van der Waals surface area contributed by atoms with Crippen LogP contribution in [0.3, 0.4) is 0 Å². The molecule has 29 heavy (non-hydrogen) atoms. The summed E-state index contributed by atoms with van der Waals surface area (Å²) in [5.41, 5.74) is 1.73. The number of nitrogens with zero attached hydrogens (tertiary/aromatic N) is 3. The first-order chi connectivity index (χ1) is 13.8. The smallest absolute Gasteiger partial charge is 0.261 e. The van der Waals surface area contributed by atoms with E-state index in [0.717, 1.165) is 12.2 Å². The molecule has 0 saturated carbocycles. The van der Waals surface area contributed by atoms with E-state index in [4.69, 9.17) is 23.2 Å². The van der Waals surface area contributed by atoms with Crippen LogP contribution in [0.4, 0.5) is 11.4 Å². The summed E-state index contributed by atoms with van der Waals surface area (Å²) in [6.45, 7) is 7.10. The van der Waals surface area contributed by atoms with Crippen molar-refractivity contribution in [3.8, 4) is 0 Å². The van der Waals surface area contributed by atoms with E-state index >= 15 is 0 Å². The Balaban J connectivity index is 1.76. The van der Waals surface area contributed by atoms with Gasteiger partial charge in [-0.05, 0) is 57.2 Å². The second-order valence-electron chi connectivity index (χ2n) is 6.94. The summed E-state index contributed by atoms with van der Waals surface area (Å²) >= 11 is 12.1. The first-order valence-corrected chi connectivity index (χ1v) is 10.1. The van der Waals surface area contributed by atoms with Crippen molar-refractivity contribution in [3.63, 3.8) is 0 Å². The second kappa shape index (κ2) is 8.84. The van der Waals surface area contributed by atoms with Crippen LogP contribution in [0.15, 0.2) is 47.5 Å². The molecule has 3 rings (SSSR count). The average Bonchev–Trinajstić information content (AvgIpc) is 2.66. The van der Waals surface area contributed by atoms with Gasteiger partial charge < -0.3 is 10.2 Å². The third-order valence-electron chi connectivity index (χ3n) is 4.61. The van der Waals surface area contributed by atoms with Gasteiger partial charge in [-0.15, -0.1) is 0 Å². The monoisotopic (exact) mass is 432 g/mol. The number of halogens is 2. The Morgan fingerprint density at radius 1 is 1.21 bits per heavy atom. The van der Waals surface area contributed by atoms with Gasteiger partial charge >= 0.3 is 0 Å². The van der Waals surface area contributed by atoms with E-state index in [9.17, 15) is 9.59 Å². The number of rotatable bonds is 6. The van der Waals surface area contributed by atoms with Crippen LogP contribution in [0, 0.1) is 0 Å². The van der Waals surface area contributed by atoms with Crippen LogP contribution >= 0.6 is 23.2 Å². The highest BCUT2D eigenvalue weighted by molar-refractivity contribution is 6.38. The van der Waals surface area contributed by atoms with E-state index in [-0.39, 0.29) is 23.4 Å². The Bertz CT molecular complexity index is 1090. The normalized spacial score (nSPS) is 11.1. The van der Waals surface area contributed by atoms with Crippen LogP contribution < -0.4 is 15.8 Å². The van der Waals surface area contributed by atoms with Gasteiger partial charge in [-0.1, -0.05) is 23.2 Å². The maximum absolute atomic E-state index is 12.7. The summed E-state index contributed by atoms with van der Waals surface area (Å²) in [6.07, 6.45) is 1.31. The molecule has 0 aliphatic heterocycles. The molecule has 0 aliphatic rings. The summed E-state index contributed by atoms with van der Waals surface area (Å²) in [5.74, 6) is -0.328. The van der Waals surface area contributed by atoms with Gasteiger partial charge in [-0.2, -0.15) is 0 Å². The first kappa shape index (κ1) is 21.1. The predicted octanol–water partition coefficient (Wildman–Crippen LogP) is 4.58. The second-order valence-corrected chi connectivity index (χ2v) is 7.78. The molecule has 0 saturated heterocycles. The molecule has 0 atom stereocenters. The molecule has 1 aromatic heterocycles. The van der Waals surface area contributed by atoms with Crippen LogP contribution in [-0.2, 0) is 11.3 Å². The topological polar surface area (TPSA) is 67.2 Å². The standard InChI is InChI=1S/C21H22Cl2N4O2/c1-4-27(13(2)3)16-7-5-15(6-8-16)25-19(28)11-26-12-24-20-17(21(26)29)9-14(22)10-18(20)23/h5-10,12-13H,4,11H2,1-3H3,(H,25,28). The molecule has 2 aromatic carbocycles. The van der Waals surface area contributed by atoms with Gasteiger partial charge in [0.1, 0.15) is 6.54 Å². The number of amides is 1. The molecule has 0 bridgehead atoms. The molecule has 0 spiro atoms. The summed E-state index contributed by atoms with van der Waals surface area (Å²) in [7, 11) is 0. The minimum Gasteiger partial charge on any atom is -0.369 e. The van der Waals surface area contributed by atoms with E-state index in [2.05, 4.69) is 36.0 Å². The number of hydrogen-bond donors (Lipinski definition) is 1. The molecule has 6 nitrogen and oxygen atoms in total. The van der Waals surface area contributed by atoms with E-state index in [0.29, 0.717) is 27.3 Å². The SMILES string of the molecule is CCN(c1ccc(NC(=O)Cn2cnc3c(Cl)cc(Cl)cc3c2=O)cc1)C(C)C. The number of carbonyl (C=O) groups is 1. The predicted molar refractivity (Wildman–Crippen MR) is 119 cm³/mol. The van der Waals surface area contributed by atoms with E-state index in [1.54, 1.807) is 0 Å². The fourth-order valence-corrected chi connectivity index (χ4v) is 3.79. The molecule has 3 aromatic rings. The molecular formula is C21H22Cl2N4O2. The van der Waals surface area contributed by atoms with Crippen LogP contribution in [0.1, 0.15) is 20.8 Å². The van der Waals surface area contributed by atoms with Gasteiger partial charge in [0, 0.05) is 29.0 Å². The van der Waals surface area contributed by atoms with Crippen LogP contribution in [0.2, 0.25) is 10.0 Å². The maximum Gasteiger partial charge on any atom is 0.261 e. The Kier molecular flexibility index (Phi) is 6.45. The molecule has 1 N–H and O–H groups in total. The number of fused-ring (bicyclic) bond motifs is 1. The van der Waals surface area contributed by atoms with E-state index < -0.39 is 0 Å². The van der Waals surface area contributed by atoms with Gasteiger partial charge in [-0.25, -0.2) is 4.98 Å². The van der Waals surface area contributed by atoms with Crippen LogP contribution in [-0.4, -0.2) is 28.0 Å². The molecule has 152 valence electrons. The summed E-state index contributed by atoms with van der Waals surface area (Å²) in [4.78, 5) is 31.5. The molecule has 0 aliphatic carbocycles. The van der Waals surface area contributed by atoms with Crippen molar-refractivity contribution in [2.24, 2.45) is 0 Å². The lowest BCUT2D eigenvalue weighted by Crippen LogP contribution is -2.30. The molecule has 0 radical (unpaired) electrons. The highest BCUT2D eigenvalue weighted by Crippen LogP contribution is 2.24. The number of hydrogen-bond acceptors (Lipinski definition) is 4. The number of benzene rings is 2. The third kappa shape index (κ3) is 4.71. The van der Waals surface area contributed by atoms with Gasteiger partial charge in [0.25, 0.3) is 5.56 Å². The molecule has 1 heterocycles. The minimum atomic E-state index is -0.375. The lowest BCUT2D eigenvalue weighted by atomic mass is 10.2. The minimum absolute atomic E-state index is 0.166. The number of nitrogens with one attached hydrogen (secondary N) is 1. The fraction of sp³-hybridized carbons (Fsp3) is 0.286. The largest absolute Gasteiger partial charge is 0.369 e. The molecule has 8 heteroatoms. The van der Waals surface area contributed by atoms with Gasteiger partial charge in [0.05, 0.1) is 22.3 Å². The Morgan fingerprint density at radius 2 is 1.90 bits per heavy atom. The lowest BCUT2D eigenvalue weighted by Gasteiger charge is -2.27. The van der Waals surface area contributed by atoms with Crippen molar-refractivity contribution in [2.45, 2.75) is 33.4 Å². The van der Waals surface area contributed by atoms with Crippen molar-refractivity contribution in [3.05, 3.63) is 63.1 Å². The summed E-state index contributed by atoms with van der Waals surface area (Å²) in [6, 6.07) is 11.0. The zero-order valence-corrected chi connectivity index (χ0v) is 18.0. The van der Waals surface area contributed by atoms with Crippen molar-refractivity contribution < 1.29 is 4.79 Å². The first-order valence-electron chi connectivity index (χ1n) is 9.31. The summed E-state index contributed by atoms with van der Waals surface area (Å²) in [5, 5.41) is 3.71. The number of anilines is 2. The van der Waals surface area contributed by atoms with Crippen LogP contribution in [0.5, 0.6) is 0 Å². The molecular weight excluding hydrogens is 411 g/mol. The lowest BCUT2D eigenvalue weighted by molar-refractivity contribution is -0.116. The number of aromatic nitrogens is 2. The molecule has 0 fully saturated rings. The third-order valence-corrected chi connectivity index (χ3v) is 5.11. The zero-order chi connectivity index (χ0) is 21.1. The maximum atomic E-state index is 12.7. The van der Waals surface area contributed by atoms with Crippen molar-refractivity contribution in [2.75, 3.05) is 16.8 Å². The molecule has 1 amide bonds. The van der Waals surface area contributed by atoms with Gasteiger partial charge in [0.2, 0.25) is 5.91 Å². The average molecular weight is 433 g/mol. The Labute approximate surface area is 179 Å². The Hall–Kier alpha value is -2.57. The highest BCUT2D eigenvalue weighted by Gasteiger charge is 2.12. The molecule has 0 unspecified atom stereocenters.